The number of phosphoric ester groups is 1. The van der Waals surface area contributed by atoms with E-state index in [4.69, 9.17) is 18.5 Å². The van der Waals surface area contributed by atoms with E-state index in [2.05, 4.69) is 13.8 Å². The van der Waals surface area contributed by atoms with Gasteiger partial charge in [0, 0.05) is 12.8 Å². The molecule has 0 aliphatic carbocycles. The van der Waals surface area contributed by atoms with E-state index in [0.29, 0.717) is 17.4 Å². The Morgan fingerprint density at radius 1 is 0.675 bits per heavy atom. The largest absolute Gasteiger partial charge is 0.756 e. The predicted octanol–water partition coefficient (Wildman–Crippen LogP) is 6.71. The number of hydrogen-bond acceptors (Lipinski definition) is 8. The van der Waals surface area contributed by atoms with Crippen LogP contribution in [0, 0.1) is 0 Å². The Kier molecular flexibility index (Phi) is 24.0. The fourth-order valence-electron chi connectivity index (χ4n) is 4.06. The summed E-state index contributed by atoms with van der Waals surface area (Å²) in [6.45, 7) is 4.12. The lowest BCUT2D eigenvalue weighted by Crippen LogP contribution is -2.37. The first kappa shape index (κ1) is 39.0. The molecule has 0 saturated carbocycles. The molecule has 0 saturated heterocycles. The summed E-state index contributed by atoms with van der Waals surface area (Å²) >= 11 is 0. The fourth-order valence-corrected chi connectivity index (χ4v) is 4.79. The van der Waals surface area contributed by atoms with Crippen LogP contribution in [0.15, 0.2) is 0 Å². The van der Waals surface area contributed by atoms with Crippen molar-refractivity contribution in [3.05, 3.63) is 0 Å². The molecule has 0 aromatic heterocycles. The lowest BCUT2D eigenvalue weighted by atomic mass is 10.1. The van der Waals surface area contributed by atoms with Gasteiger partial charge in [-0.2, -0.15) is 0 Å². The van der Waals surface area contributed by atoms with Gasteiger partial charge in [0.05, 0.1) is 27.7 Å². The highest BCUT2D eigenvalue weighted by atomic mass is 31.2. The summed E-state index contributed by atoms with van der Waals surface area (Å²) in [7, 11) is 1.17. The lowest BCUT2D eigenvalue weighted by molar-refractivity contribution is -0.870. The summed E-state index contributed by atoms with van der Waals surface area (Å²) in [5, 5.41) is 0. The van der Waals surface area contributed by atoms with Crippen LogP contribution in [0.1, 0.15) is 129 Å². The number of phosphoric acid groups is 1. The summed E-state index contributed by atoms with van der Waals surface area (Å²) < 4.78 is 33.4. The Balaban J connectivity index is 4.54. The van der Waals surface area contributed by atoms with Gasteiger partial charge in [0.25, 0.3) is 7.82 Å². The van der Waals surface area contributed by atoms with E-state index in [1.165, 1.54) is 57.8 Å². The Morgan fingerprint density at radius 3 is 1.60 bits per heavy atom. The van der Waals surface area contributed by atoms with Gasteiger partial charge < -0.3 is 27.9 Å². The Labute approximate surface area is 244 Å². The molecular weight excluding hydrogens is 533 g/mol. The summed E-state index contributed by atoms with van der Waals surface area (Å²) in [5.41, 5.74) is 0. The van der Waals surface area contributed by atoms with Gasteiger partial charge in [-0.1, -0.05) is 104 Å². The number of quaternary nitrogens is 1. The van der Waals surface area contributed by atoms with Gasteiger partial charge in [-0.15, -0.1) is 0 Å². The number of esters is 2. The molecule has 0 aromatic carbocycles. The van der Waals surface area contributed by atoms with Crippen molar-refractivity contribution in [3.63, 3.8) is 0 Å². The molecule has 40 heavy (non-hydrogen) atoms. The SMILES string of the molecule is CCCCCCCCCCCC(=O)O[C@H](COC(=O)CCCCCCCCC)COP(=O)([O-])OCC[N+](C)(C)C. The minimum Gasteiger partial charge on any atom is -0.756 e. The monoisotopic (exact) mass is 593 g/mol. The predicted molar refractivity (Wildman–Crippen MR) is 158 cm³/mol. The van der Waals surface area contributed by atoms with Crippen LogP contribution >= 0.6 is 7.82 Å². The molecule has 0 amide bonds. The second-order valence-corrected chi connectivity index (χ2v) is 13.2. The molecule has 9 nitrogen and oxygen atoms in total. The smallest absolute Gasteiger partial charge is 0.306 e. The van der Waals surface area contributed by atoms with Gasteiger partial charge in [-0.3, -0.25) is 14.2 Å². The third kappa shape index (κ3) is 27.2. The van der Waals surface area contributed by atoms with E-state index in [-0.39, 0.29) is 26.1 Å². The average Bonchev–Trinajstić information content (AvgIpc) is 2.88. The van der Waals surface area contributed by atoms with Gasteiger partial charge in [0.15, 0.2) is 6.10 Å². The fraction of sp³-hybridized carbons (Fsp3) is 0.933. The summed E-state index contributed by atoms with van der Waals surface area (Å²) in [6.07, 6.45) is 17.3. The Bertz CT molecular complexity index is 683. The number of carbonyl (C=O) groups excluding carboxylic acids is 2. The Hall–Kier alpha value is -0.990. The quantitative estimate of drug-likeness (QED) is 0.0426. The Morgan fingerprint density at radius 2 is 1.12 bits per heavy atom. The number of likely N-dealkylation sites (N-methyl/N-ethyl adjacent to an activating group) is 1. The van der Waals surface area contributed by atoms with Crippen molar-refractivity contribution in [1.82, 2.24) is 0 Å². The van der Waals surface area contributed by atoms with Crippen LogP contribution in [0.2, 0.25) is 0 Å². The summed E-state index contributed by atoms with van der Waals surface area (Å²) in [4.78, 5) is 36.8. The molecule has 1 unspecified atom stereocenters. The minimum absolute atomic E-state index is 0.0270. The number of nitrogens with zero attached hydrogens (tertiary/aromatic N) is 1. The van der Waals surface area contributed by atoms with Crippen LogP contribution in [0.4, 0.5) is 0 Å². The van der Waals surface area contributed by atoms with E-state index < -0.39 is 32.5 Å². The lowest BCUT2D eigenvalue weighted by Gasteiger charge is -2.28. The van der Waals surface area contributed by atoms with Gasteiger partial charge in [0.1, 0.15) is 19.8 Å². The molecule has 0 aromatic rings. The van der Waals surface area contributed by atoms with Crippen molar-refractivity contribution in [2.24, 2.45) is 0 Å². The molecule has 0 fully saturated rings. The molecule has 238 valence electrons. The molecule has 0 aliphatic heterocycles. The number of hydrogen-bond donors (Lipinski definition) is 0. The zero-order chi connectivity index (χ0) is 30.1. The maximum absolute atomic E-state index is 12.4. The van der Waals surface area contributed by atoms with Crippen LogP contribution in [-0.2, 0) is 32.7 Å². The molecular formula is C30H60NO8P. The first-order valence-electron chi connectivity index (χ1n) is 15.7. The number of ether oxygens (including phenoxy) is 2. The van der Waals surface area contributed by atoms with Crippen molar-refractivity contribution in [3.8, 4) is 0 Å². The molecule has 0 N–H and O–H groups in total. The van der Waals surface area contributed by atoms with Gasteiger partial charge >= 0.3 is 11.9 Å². The standard InChI is InChI=1S/C30H60NO8P/c1-6-8-10-12-14-15-17-19-21-23-30(33)39-28(27-38-40(34,35)37-25-24-31(3,4)5)26-36-29(32)22-20-18-16-13-11-9-7-2/h28H,6-27H2,1-5H3/t28-/m1/s1. The minimum atomic E-state index is -4.59. The highest BCUT2D eigenvalue weighted by Crippen LogP contribution is 2.38. The first-order valence-corrected chi connectivity index (χ1v) is 17.2. The van der Waals surface area contributed by atoms with E-state index >= 15 is 0 Å². The van der Waals surface area contributed by atoms with E-state index in [9.17, 15) is 19.0 Å². The molecule has 0 bridgehead atoms. The van der Waals surface area contributed by atoms with Crippen LogP contribution in [0.5, 0.6) is 0 Å². The first-order chi connectivity index (χ1) is 19.0. The van der Waals surface area contributed by atoms with Crippen LogP contribution in [0.25, 0.3) is 0 Å². The van der Waals surface area contributed by atoms with Gasteiger partial charge in [-0.05, 0) is 12.8 Å². The van der Waals surface area contributed by atoms with Crippen molar-refractivity contribution in [2.75, 3.05) is 47.5 Å². The molecule has 0 radical (unpaired) electrons. The molecule has 0 aliphatic rings. The number of rotatable bonds is 28. The third-order valence-corrected chi connectivity index (χ3v) is 7.59. The number of carbonyl (C=O) groups is 2. The molecule has 0 heterocycles. The molecule has 10 heteroatoms. The van der Waals surface area contributed by atoms with Gasteiger partial charge in [-0.25, -0.2) is 0 Å². The van der Waals surface area contributed by atoms with Crippen molar-refractivity contribution >= 4 is 19.8 Å². The normalized spacial score (nSPS) is 14.1. The van der Waals surface area contributed by atoms with Crippen LogP contribution in [0.3, 0.4) is 0 Å². The van der Waals surface area contributed by atoms with Crippen molar-refractivity contribution in [1.29, 1.82) is 0 Å². The van der Waals surface area contributed by atoms with E-state index in [1.54, 1.807) is 0 Å². The van der Waals surface area contributed by atoms with E-state index in [0.717, 1.165) is 38.5 Å². The van der Waals surface area contributed by atoms with Crippen molar-refractivity contribution in [2.45, 2.75) is 136 Å². The zero-order valence-electron chi connectivity index (χ0n) is 26.3. The molecule has 0 rings (SSSR count). The van der Waals surface area contributed by atoms with E-state index in [1.807, 2.05) is 21.1 Å². The summed E-state index contributed by atoms with van der Waals surface area (Å²) in [5.74, 6) is -0.843. The highest BCUT2D eigenvalue weighted by Gasteiger charge is 2.21. The van der Waals surface area contributed by atoms with Crippen LogP contribution in [-0.4, -0.2) is 70.0 Å². The van der Waals surface area contributed by atoms with Crippen LogP contribution < -0.4 is 4.89 Å². The third-order valence-electron chi connectivity index (χ3n) is 6.63. The second kappa shape index (κ2) is 24.6. The highest BCUT2D eigenvalue weighted by molar-refractivity contribution is 7.45. The maximum atomic E-state index is 12.4. The van der Waals surface area contributed by atoms with Crippen molar-refractivity contribution < 1.29 is 42.1 Å². The number of unbranched alkanes of at least 4 members (excludes halogenated alkanes) is 14. The second-order valence-electron chi connectivity index (χ2n) is 11.8. The maximum Gasteiger partial charge on any atom is 0.306 e. The summed E-state index contributed by atoms with van der Waals surface area (Å²) in [6, 6.07) is 0. The zero-order valence-corrected chi connectivity index (χ0v) is 27.2. The molecule has 0 spiro atoms. The van der Waals surface area contributed by atoms with Gasteiger partial charge in [0.2, 0.25) is 0 Å². The average molecular weight is 594 g/mol. The molecule has 2 atom stereocenters. The topological polar surface area (TPSA) is 111 Å².